The summed E-state index contributed by atoms with van der Waals surface area (Å²) in [6, 6.07) is 9.10. The molecule has 0 spiro atoms. The molecule has 0 saturated heterocycles. The maximum Gasteiger partial charge on any atom is 0.287 e. The van der Waals surface area contributed by atoms with E-state index >= 15 is 0 Å². The number of hydrogen-bond donors (Lipinski definition) is 2. The fraction of sp³-hybridized carbons (Fsp3) is 0.292. The van der Waals surface area contributed by atoms with Crippen LogP contribution in [0.25, 0.3) is 0 Å². The number of sulfonamides is 1. The molecular weight excluding hydrogens is 477 g/mol. The van der Waals surface area contributed by atoms with Crippen molar-refractivity contribution < 1.29 is 32.2 Å². The lowest BCUT2D eigenvalue weighted by Gasteiger charge is -2.35. The topological polar surface area (TPSA) is 139 Å². The predicted octanol–water partition coefficient (Wildman–Crippen LogP) is 2.45. The number of nitrogens with zero attached hydrogens (tertiary/aromatic N) is 2. The van der Waals surface area contributed by atoms with Gasteiger partial charge in [0.05, 0.1) is 6.04 Å². The van der Waals surface area contributed by atoms with Crippen LogP contribution in [0.4, 0.5) is 4.39 Å². The van der Waals surface area contributed by atoms with E-state index in [2.05, 4.69) is 4.40 Å². The largest absolute Gasteiger partial charge is 0.509 e. The number of carbonyl (C=O) groups excluding carboxylic acids is 2. The van der Waals surface area contributed by atoms with Gasteiger partial charge in [0.1, 0.15) is 33.5 Å². The third-order valence-corrected chi connectivity index (χ3v) is 7.06. The second-order valence-corrected chi connectivity index (χ2v) is 10.9. The van der Waals surface area contributed by atoms with Crippen LogP contribution in [0.1, 0.15) is 31.9 Å². The molecule has 9 nitrogen and oxygen atoms in total. The lowest BCUT2D eigenvalue weighted by Crippen LogP contribution is -2.43. The Kier molecular flexibility index (Phi) is 5.92. The van der Waals surface area contributed by atoms with Crippen LogP contribution in [-0.2, 0) is 26.2 Å². The van der Waals surface area contributed by atoms with Gasteiger partial charge >= 0.3 is 0 Å². The molecule has 4 rings (SSSR count). The molecule has 0 aliphatic carbocycles. The molecule has 184 valence electrons. The molecule has 2 aliphatic heterocycles. The first kappa shape index (κ1) is 24.4. The SMILES string of the molecule is CC(C)(C)C1C(O)=C(C2=NS(=O)(=O)c3c(OCC(N)=O)cccc32)C(=O)N1Cc1ccc(F)cc1. The Morgan fingerprint density at radius 2 is 1.86 bits per heavy atom. The van der Waals surface area contributed by atoms with Crippen molar-refractivity contribution in [3.05, 3.63) is 70.7 Å². The highest BCUT2D eigenvalue weighted by Crippen LogP contribution is 2.42. The summed E-state index contributed by atoms with van der Waals surface area (Å²) in [6.07, 6.45) is 0. The highest BCUT2D eigenvalue weighted by Gasteiger charge is 2.49. The van der Waals surface area contributed by atoms with Gasteiger partial charge in [-0.1, -0.05) is 45.0 Å². The minimum Gasteiger partial charge on any atom is -0.509 e. The number of nitrogens with two attached hydrogens (primary N) is 1. The molecule has 2 aromatic rings. The quantitative estimate of drug-likeness (QED) is 0.623. The third-order valence-electron chi connectivity index (χ3n) is 5.70. The normalized spacial score (nSPS) is 19.1. The minimum absolute atomic E-state index is 0.0588. The van der Waals surface area contributed by atoms with Crippen LogP contribution in [0.15, 0.2) is 63.1 Å². The Hall–Kier alpha value is -3.73. The first-order valence-corrected chi connectivity index (χ1v) is 12.1. The first-order valence-electron chi connectivity index (χ1n) is 10.7. The number of benzene rings is 2. The number of aliphatic hydroxyl groups excluding tert-OH is 1. The highest BCUT2D eigenvalue weighted by atomic mass is 32.2. The lowest BCUT2D eigenvalue weighted by molar-refractivity contribution is -0.129. The number of aliphatic hydroxyl groups is 1. The summed E-state index contributed by atoms with van der Waals surface area (Å²) in [5.74, 6) is -2.28. The summed E-state index contributed by atoms with van der Waals surface area (Å²) in [6.45, 7) is 5.01. The van der Waals surface area contributed by atoms with E-state index in [4.69, 9.17) is 10.5 Å². The van der Waals surface area contributed by atoms with Gasteiger partial charge in [-0.15, -0.1) is 0 Å². The Labute approximate surface area is 201 Å². The van der Waals surface area contributed by atoms with Gasteiger partial charge in [-0.2, -0.15) is 12.8 Å². The second-order valence-electron chi connectivity index (χ2n) is 9.39. The fourth-order valence-electron chi connectivity index (χ4n) is 4.33. The molecule has 0 bridgehead atoms. The van der Waals surface area contributed by atoms with E-state index in [0.717, 1.165) is 0 Å². The van der Waals surface area contributed by atoms with Crippen molar-refractivity contribution in [2.45, 2.75) is 38.3 Å². The van der Waals surface area contributed by atoms with Crippen LogP contribution in [-0.4, -0.2) is 48.6 Å². The van der Waals surface area contributed by atoms with Gasteiger partial charge in [-0.25, -0.2) is 4.39 Å². The van der Waals surface area contributed by atoms with Crippen LogP contribution in [0.3, 0.4) is 0 Å². The van der Waals surface area contributed by atoms with Crippen molar-refractivity contribution in [3.8, 4) is 5.75 Å². The number of primary amides is 1. The van der Waals surface area contributed by atoms with Crippen molar-refractivity contribution in [1.82, 2.24) is 4.90 Å². The van der Waals surface area contributed by atoms with Gasteiger partial charge in [-0.05, 0) is 29.2 Å². The molecule has 11 heteroatoms. The summed E-state index contributed by atoms with van der Waals surface area (Å²) in [5.41, 5.74) is 4.73. The molecule has 2 aromatic carbocycles. The second kappa shape index (κ2) is 8.49. The zero-order valence-electron chi connectivity index (χ0n) is 19.3. The fourth-order valence-corrected chi connectivity index (χ4v) is 5.68. The third kappa shape index (κ3) is 4.39. The van der Waals surface area contributed by atoms with Gasteiger partial charge in [0, 0.05) is 12.1 Å². The zero-order chi connectivity index (χ0) is 25.7. The van der Waals surface area contributed by atoms with Crippen LogP contribution in [0.2, 0.25) is 0 Å². The summed E-state index contributed by atoms with van der Waals surface area (Å²) in [4.78, 5) is 25.9. The molecule has 0 radical (unpaired) electrons. The van der Waals surface area contributed by atoms with Crippen LogP contribution >= 0.6 is 0 Å². The van der Waals surface area contributed by atoms with Crippen LogP contribution < -0.4 is 10.5 Å². The molecule has 3 N–H and O–H groups in total. The Morgan fingerprint density at radius 1 is 1.20 bits per heavy atom. The van der Waals surface area contributed by atoms with Gasteiger partial charge in [0.15, 0.2) is 6.61 Å². The Bertz CT molecular complexity index is 1390. The molecule has 0 fully saturated rings. The van der Waals surface area contributed by atoms with E-state index in [1.165, 1.54) is 47.4 Å². The standard InChI is InChI=1S/C24H24FN3O6S/c1-24(2,3)22-20(30)18(23(31)28(22)11-13-7-9-14(25)10-8-13)19-15-5-4-6-16(34-12-17(26)29)21(15)35(32,33)27-19/h4-10,22,30H,11-12H2,1-3H3,(H2,26,29). The number of halogens is 1. The van der Waals surface area contributed by atoms with Crippen LogP contribution in [0, 0.1) is 11.2 Å². The molecule has 1 unspecified atom stereocenters. The van der Waals surface area contributed by atoms with Crippen molar-refractivity contribution in [3.63, 3.8) is 0 Å². The van der Waals surface area contributed by atoms with E-state index in [0.29, 0.717) is 5.56 Å². The average Bonchev–Trinajstić information content (AvgIpc) is 3.17. The first-order chi connectivity index (χ1) is 16.3. The molecule has 1 atom stereocenters. The molecule has 2 heterocycles. The van der Waals surface area contributed by atoms with E-state index in [1.807, 2.05) is 20.8 Å². The smallest absolute Gasteiger partial charge is 0.287 e. The van der Waals surface area contributed by atoms with E-state index in [1.54, 1.807) is 0 Å². The maximum atomic E-state index is 13.6. The van der Waals surface area contributed by atoms with Crippen LogP contribution in [0.5, 0.6) is 5.75 Å². The Morgan fingerprint density at radius 3 is 2.46 bits per heavy atom. The summed E-state index contributed by atoms with van der Waals surface area (Å²) in [5, 5.41) is 11.2. The van der Waals surface area contributed by atoms with Crippen molar-refractivity contribution in [1.29, 1.82) is 0 Å². The summed E-state index contributed by atoms with van der Waals surface area (Å²) < 4.78 is 48.3. The molecule has 35 heavy (non-hydrogen) atoms. The molecule has 0 saturated carbocycles. The molecule has 2 aliphatic rings. The van der Waals surface area contributed by atoms with E-state index < -0.39 is 45.7 Å². The number of fused-ring (bicyclic) bond motifs is 1. The monoisotopic (exact) mass is 501 g/mol. The number of carbonyl (C=O) groups is 2. The number of rotatable bonds is 6. The molecular formula is C24H24FN3O6S. The van der Waals surface area contributed by atoms with Crippen molar-refractivity contribution in [2.24, 2.45) is 15.5 Å². The average molecular weight is 502 g/mol. The minimum atomic E-state index is -4.30. The van der Waals surface area contributed by atoms with Gasteiger partial charge in [0.2, 0.25) is 0 Å². The maximum absolute atomic E-state index is 13.6. The summed E-state index contributed by atoms with van der Waals surface area (Å²) in [7, 11) is -4.30. The number of hydrogen-bond acceptors (Lipinski definition) is 6. The zero-order valence-corrected chi connectivity index (χ0v) is 20.1. The van der Waals surface area contributed by atoms with Crippen molar-refractivity contribution >= 4 is 27.5 Å². The molecule has 2 amide bonds. The van der Waals surface area contributed by atoms with Crippen molar-refractivity contribution in [2.75, 3.05) is 6.61 Å². The summed E-state index contributed by atoms with van der Waals surface area (Å²) >= 11 is 0. The predicted molar refractivity (Wildman–Crippen MR) is 125 cm³/mol. The molecule has 0 aromatic heterocycles. The van der Waals surface area contributed by atoms with Gasteiger partial charge in [-0.3, -0.25) is 9.59 Å². The van der Waals surface area contributed by atoms with Gasteiger partial charge < -0.3 is 20.5 Å². The van der Waals surface area contributed by atoms with E-state index in [-0.39, 0.29) is 39.8 Å². The van der Waals surface area contributed by atoms with Gasteiger partial charge in [0.25, 0.3) is 21.8 Å². The Balaban J connectivity index is 1.81. The lowest BCUT2D eigenvalue weighted by atomic mass is 9.84. The van der Waals surface area contributed by atoms with E-state index in [9.17, 15) is 27.5 Å². The number of amides is 2. The number of ether oxygens (including phenoxy) is 1. The highest BCUT2D eigenvalue weighted by molar-refractivity contribution is 7.91.